The highest BCUT2D eigenvalue weighted by molar-refractivity contribution is 7.99. The highest BCUT2D eigenvalue weighted by atomic mass is 32.2. The third kappa shape index (κ3) is 4.48. The van der Waals surface area contributed by atoms with Crippen molar-refractivity contribution in [3.05, 3.63) is 73.3 Å². The second kappa shape index (κ2) is 9.53. The predicted molar refractivity (Wildman–Crippen MR) is 111 cm³/mol. The molecule has 0 fully saturated rings. The highest BCUT2D eigenvalue weighted by Gasteiger charge is 2.19. The van der Waals surface area contributed by atoms with E-state index in [1.165, 1.54) is 16.7 Å². The summed E-state index contributed by atoms with van der Waals surface area (Å²) in [6.45, 7) is 4.34. The average Bonchev–Trinajstić information content (AvgIpc) is 3.14. The summed E-state index contributed by atoms with van der Waals surface area (Å²) in [6.07, 6.45) is 1.77. The molecule has 3 rings (SSSR count). The van der Waals surface area contributed by atoms with E-state index in [4.69, 9.17) is 5.26 Å². The van der Waals surface area contributed by atoms with E-state index in [1.807, 2.05) is 65.2 Å². The van der Waals surface area contributed by atoms with Crippen LogP contribution in [-0.2, 0) is 11.3 Å². The van der Waals surface area contributed by atoms with Gasteiger partial charge in [0, 0.05) is 17.8 Å². The summed E-state index contributed by atoms with van der Waals surface area (Å²) in [4.78, 5) is 14.2. The number of hydrogen-bond donors (Lipinski definition) is 0. The summed E-state index contributed by atoms with van der Waals surface area (Å²) in [6, 6.07) is 21.0. The van der Waals surface area contributed by atoms with E-state index in [9.17, 15) is 4.79 Å². The van der Waals surface area contributed by atoms with Gasteiger partial charge in [-0.25, -0.2) is 0 Å². The van der Waals surface area contributed by atoms with E-state index in [0.717, 1.165) is 11.4 Å². The van der Waals surface area contributed by atoms with Gasteiger partial charge >= 0.3 is 0 Å². The Morgan fingerprint density at radius 2 is 1.82 bits per heavy atom. The van der Waals surface area contributed by atoms with Crippen LogP contribution in [-0.4, -0.2) is 33.0 Å². The van der Waals surface area contributed by atoms with Crippen LogP contribution in [0, 0.1) is 11.3 Å². The number of carbonyl (C=O) groups excluding carboxylic acids is 1. The summed E-state index contributed by atoms with van der Waals surface area (Å²) in [5.41, 5.74) is 1.65. The highest BCUT2D eigenvalue weighted by Crippen LogP contribution is 2.25. The Balaban J connectivity index is 1.78. The number of allylic oxidation sites excluding steroid dienone is 1. The normalized spacial score (nSPS) is 10.2. The van der Waals surface area contributed by atoms with Gasteiger partial charge in [-0.3, -0.25) is 14.3 Å². The molecule has 0 bridgehead atoms. The maximum atomic E-state index is 12.7. The van der Waals surface area contributed by atoms with Gasteiger partial charge in [0.25, 0.3) is 0 Å². The minimum absolute atomic E-state index is 0.00196. The van der Waals surface area contributed by atoms with E-state index in [-0.39, 0.29) is 18.2 Å². The lowest BCUT2D eigenvalue weighted by Crippen LogP contribution is -2.32. The zero-order chi connectivity index (χ0) is 19.8. The summed E-state index contributed by atoms with van der Waals surface area (Å²) in [7, 11) is 0. The molecule has 1 amide bonds. The Morgan fingerprint density at radius 3 is 2.46 bits per heavy atom. The van der Waals surface area contributed by atoms with Crippen LogP contribution in [0.3, 0.4) is 0 Å². The molecule has 1 aromatic heterocycles. The second-order valence-electron chi connectivity index (χ2n) is 5.83. The van der Waals surface area contributed by atoms with Gasteiger partial charge in [0.15, 0.2) is 11.0 Å². The SMILES string of the molecule is C=CCn1c(SCC(=O)N(CC#N)c2ccccc2)nnc1-c1ccccc1. The number of hydrogen-bond acceptors (Lipinski definition) is 5. The fourth-order valence-electron chi connectivity index (χ4n) is 2.70. The van der Waals surface area contributed by atoms with Crippen molar-refractivity contribution in [1.82, 2.24) is 14.8 Å². The largest absolute Gasteiger partial charge is 0.298 e. The van der Waals surface area contributed by atoms with Gasteiger partial charge in [0.05, 0.1) is 11.8 Å². The smallest absolute Gasteiger partial charge is 0.238 e. The molecule has 0 saturated heterocycles. The van der Waals surface area contributed by atoms with Gasteiger partial charge in [0.1, 0.15) is 6.54 Å². The fraction of sp³-hybridized carbons (Fsp3) is 0.143. The Labute approximate surface area is 168 Å². The molecule has 0 aliphatic rings. The van der Waals surface area contributed by atoms with Gasteiger partial charge in [-0.2, -0.15) is 5.26 Å². The summed E-state index contributed by atoms with van der Waals surface area (Å²) in [5, 5.41) is 18.3. The maximum absolute atomic E-state index is 12.7. The number of para-hydroxylation sites is 1. The number of nitrogens with zero attached hydrogens (tertiary/aromatic N) is 5. The molecule has 7 heteroatoms. The van der Waals surface area contributed by atoms with Crippen LogP contribution < -0.4 is 4.90 Å². The molecule has 0 saturated carbocycles. The third-order valence-electron chi connectivity index (χ3n) is 3.98. The van der Waals surface area contributed by atoms with E-state index < -0.39 is 0 Å². The molecule has 3 aromatic rings. The first-order valence-electron chi connectivity index (χ1n) is 8.69. The van der Waals surface area contributed by atoms with Crippen LogP contribution in [0.5, 0.6) is 0 Å². The topological polar surface area (TPSA) is 74.8 Å². The van der Waals surface area contributed by atoms with Crippen LogP contribution >= 0.6 is 11.8 Å². The molecule has 0 N–H and O–H groups in total. The van der Waals surface area contributed by atoms with Gasteiger partial charge in [-0.15, -0.1) is 16.8 Å². The Hall–Kier alpha value is -3.37. The van der Waals surface area contributed by atoms with Crippen molar-refractivity contribution in [2.45, 2.75) is 11.7 Å². The molecule has 1 heterocycles. The monoisotopic (exact) mass is 389 g/mol. The lowest BCUT2D eigenvalue weighted by Gasteiger charge is -2.19. The number of rotatable bonds is 8. The number of amides is 1. The van der Waals surface area contributed by atoms with E-state index >= 15 is 0 Å². The fourth-order valence-corrected chi connectivity index (χ4v) is 3.52. The number of aromatic nitrogens is 3. The molecule has 0 radical (unpaired) electrons. The van der Waals surface area contributed by atoms with Crippen LogP contribution in [0.1, 0.15) is 0 Å². The van der Waals surface area contributed by atoms with Crippen molar-refractivity contribution in [1.29, 1.82) is 5.26 Å². The molecule has 6 nitrogen and oxygen atoms in total. The standard InChI is InChI=1S/C21H19N5OS/c1-2-14-26-20(17-9-5-3-6-10-17)23-24-21(26)28-16-19(27)25(15-13-22)18-11-7-4-8-12-18/h2-12H,1,14-16H2. The molecule has 140 valence electrons. The molecule has 0 unspecified atom stereocenters. The number of thioether (sulfide) groups is 1. The van der Waals surface area contributed by atoms with Crippen LogP contribution in [0.4, 0.5) is 5.69 Å². The minimum atomic E-state index is -0.160. The van der Waals surface area contributed by atoms with Crippen LogP contribution in [0.2, 0.25) is 0 Å². The molecule has 28 heavy (non-hydrogen) atoms. The minimum Gasteiger partial charge on any atom is -0.298 e. The summed E-state index contributed by atoms with van der Waals surface area (Å²) in [5.74, 6) is 0.722. The number of carbonyl (C=O) groups is 1. The zero-order valence-electron chi connectivity index (χ0n) is 15.2. The molecular weight excluding hydrogens is 370 g/mol. The van der Waals surface area contributed by atoms with Gasteiger partial charge in [-0.05, 0) is 12.1 Å². The van der Waals surface area contributed by atoms with Crippen molar-refractivity contribution in [2.75, 3.05) is 17.2 Å². The quantitative estimate of drug-likeness (QED) is 0.333. The van der Waals surface area contributed by atoms with E-state index in [2.05, 4.69) is 22.8 Å². The van der Waals surface area contributed by atoms with Gasteiger partial charge in [0.2, 0.25) is 5.91 Å². The average molecular weight is 389 g/mol. The number of nitriles is 1. The first kappa shape index (κ1) is 19.4. The van der Waals surface area contributed by atoms with Crippen molar-refractivity contribution >= 4 is 23.4 Å². The van der Waals surface area contributed by atoms with Gasteiger partial charge in [-0.1, -0.05) is 66.4 Å². The molecular formula is C21H19N5OS. The van der Waals surface area contributed by atoms with E-state index in [0.29, 0.717) is 17.4 Å². The number of benzene rings is 2. The molecule has 0 atom stereocenters. The molecule has 0 spiro atoms. The van der Waals surface area contributed by atoms with Crippen molar-refractivity contribution in [3.63, 3.8) is 0 Å². The van der Waals surface area contributed by atoms with E-state index in [1.54, 1.807) is 6.08 Å². The first-order valence-corrected chi connectivity index (χ1v) is 9.68. The lowest BCUT2D eigenvalue weighted by molar-refractivity contribution is -0.116. The number of anilines is 1. The van der Waals surface area contributed by atoms with Crippen LogP contribution in [0.25, 0.3) is 11.4 Å². The Morgan fingerprint density at radius 1 is 1.14 bits per heavy atom. The second-order valence-corrected chi connectivity index (χ2v) is 6.78. The lowest BCUT2D eigenvalue weighted by atomic mass is 10.2. The van der Waals surface area contributed by atoms with Crippen molar-refractivity contribution in [2.24, 2.45) is 0 Å². The van der Waals surface area contributed by atoms with Crippen LogP contribution in [0.15, 0.2) is 78.5 Å². The summed E-state index contributed by atoms with van der Waals surface area (Å²) >= 11 is 1.30. The van der Waals surface area contributed by atoms with Gasteiger partial charge < -0.3 is 0 Å². The maximum Gasteiger partial charge on any atom is 0.238 e. The Bertz CT molecular complexity index is 979. The Kier molecular flexibility index (Phi) is 6.60. The zero-order valence-corrected chi connectivity index (χ0v) is 16.0. The third-order valence-corrected chi connectivity index (χ3v) is 4.93. The molecule has 2 aromatic carbocycles. The molecule has 0 aliphatic heterocycles. The predicted octanol–water partition coefficient (Wildman–Crippen LogP) is 3.78. The van der Waals surface area contributed by atoms with Crippen molar-refractivity contribution < 1.29 is 4.79 Å². The van der Waals surface area contributed by atoms with Crippen molar-refractivity contribution in [3.8, 4) is 17.5 Å². The summed E-state index contributed by atoms with van der Waals surface area (Å²) < 4.78 is 1.93. The first-order chi connectivity index (χ1) is 13.7. The molecule has 0 aliphatic carbocycles.